The molecular weight excluding hydrogens is 266 g/mol. The van der Waals surface area contributed by atoms with E-state index in [4.69, 9.17) is 5.14 Å². The summed E-state index contributed by atoms with van der Waals surface area (Å²) in [5.41, 5.74) is 0.816. The Kier molecular flexibility index (Phi) is 3.86. The lowest BCUT2D eigenvalue weighted by Crippen LogP contribution is -2.11. The number of allylic oxidation sites excluding steroid dienone is 1. The van der Waals surface area contributed by atoms with Gasteiger partial charge in [0.05, 0.1) is 4.90 Å². The molecule has 5 heteroatoms. The number of sulfonamides is 1. The molecule has 2 N–H and O–H groups in total. The first-order chi connectivity index (χ1) is 6.54. The molecule has 0 aromatic heterocycles. The van der Waals surface area contributed by atoms with Gasteiger partial charge in [0.15, 0.2) is 0 Å². The predicted molar refractivity (Wildman–Crippen MR) is 60.6 cm³/mol. The van der Waals surface area contributed by atoms with Crippen LogP contribution in [0.4, 0.5) is 0 Å². The summed E-state index contributed by atoms with van der Waals surface area (Å²) in [4.78, 5) is 0.134. The summed E-state index contributed by atoms with van der Waals surface area (Å²) in [7, 11) is -3.60. The van der Waals surface area contributed by atoms with Crippen molar-refractivity contribution in [1.29, 1.82) is 0 Å². The van der Waals surface area contributed by atoms with Gasteiger partial charge in [0.1, 0.15) is 0 Å². The maximum Gasteiger partial charge on any atom is 0.238 e. The van der Waals surface area contributed by atoms with Gasteiger partial charge in [-0.3, -0.25) is 0 Å². The smallest absolute Gasteiger partial charge is 0.225 e. The lowest BCUT2D eigenvalue weighted by atomic mass is 10.2. The second kappa shape index (κ2) is 4.72. The van der Waals surface area contributed by atoms with Crippen LogP contribution in [-0.2, 0) is 10.0 Å². The first-order valence-electron chi connectivity index (χ1n) is 3.89. The van der Waals surface area contributed by atoms with Crippen molar-refractivity contribution in [3.8, 4) is 0 Å². The highest BCUT2D eigenvalue weighted by atomic mass is 79.9. The molecule has 0 unspecified atom stereocenters. The molecule has 3 nitrogen and oxygen atoms in total. The van der Waals surface area contributed by atoms with Gasteiger partial charge in [-0.05, 0) is 17.7 Å². The minimum absolute atomic E-state index is 0.134. The molecule has 0 spiro atoms. The van der Waals surface area contributed by atoms with E-state index in [-0.39, 0.29) is 4.90 Å². The summed E-state index contributed by atoms with van der Waals surface area (Å²) >= 11 is 3.24. The fraction of sp³-hybridized carbons (Fsp3) is 0.111. The third-order valence-corrected chi connectivity index (χ3v) is 2.87. The van der Waals surface area contributed by atoms with Crippen LogP contribution in [0.5, 0.6) is 0 Å². The Bertz CT molecular complexity index is 440. The van der Waals surface area contributed by atoms with Crippen molar-refractivity contribution < 1.29 is 8.42 Å². The summed E-state index contributed by atoms with van der Waals surface area (Å²) in [6.07, 6.45) is 3.70. The quantitative estimate of drug-likeness (QED) is 0.855. The number of rotatable bonds is 3. The first kappa shape index (κ1) is 11.4. The predicted octanol–water partition coefficient (Wildman–Crippen LogP) is 1.74. The molecule has 0 aliphatic carbocycles. The highest BCUT2D eigenvalue weighted by Gasteiger charge is 2.06. The van der Waals surface area contributed by atoms with Crippen molar-refractivity contribution in [2.45, 2.75) is 4.90 Å². The van der Waals surface area contributed by atoms with Gasteiger partial charge >= 0.3 is 0 Å². The van der Waals surface area contributed by atoms with E-state index in [1.165, 1.54) is 12.1 Å². The van der Waals surface area contributed by atoms with Crippen LogP contribution in [0.15, 0.2) is 35.2 Å². The fourth-order valence-corrected chi connectivity index (χ4v) is 1.73. The highest BCUT2D eigenvalue weighted by Crippen LogP contribution is 2.11. The summed E-state index contributed by atoms with van der Waals surface area (Å²) in [5, 5.41) is 5.72. The minimum atomic E-state index is -3.60. The van der Waals surface area contributed by atoms with Gasteiger partial charge in [-0.25, -0.2) is 13.6 Å². The van der Waals surface area contributed by atoms with Crippen LogP contribution < -0.4 is 5.14 Å². The van der Waals surface area contributed by atoms with E-state index in [0.29, 0.717) is 0 Å². The molecule has 0 fully saturated rings. The van der Waals surface area contributed by atoms with Gasteiger partial charge in [-0.15, -0.1) is 0 Å². The molecular formula is C9H10BrNO2S. The van der Waals surface area contributed by atoms with Gasteiger partial charge in [0.25, 0.3) is 0 Å². The van der Waals surface area contributed by atoms with Crippen molar-refractivity contribution in [3.63, 3.8) is 0 Å². The summed E-state index contributed by atoms with van der Waals surface area (Å²) in [5.74, 6) is 0. The average Bonchev–Trinajstić information content (AvgIpc) is 2.14. The number of hydrogen-bond donors (Lipinski definition) is 1. The summed E-state index contributed by atoms with van der Waals surface area (Å²) in [6, 6.07) is 6.48. The second-order valence-electron chi connectivity index (χ2n) is 2.67. The Hall–Kier alpha value is -0.650. The molecule has 14 heavy (non-hydrogen) atoms. The van der Waals surface area contributed by atoms with E-state index in [9.17, 15) is 8.42 Å². The summed E-state index contributed by atoms with van der Waals surface area (Å²) < 4.78 is 22.0. The zero-order valence-corrected chi connectivity index (χ0v) is 9.75. The molecule has 0 bridgehead atoms. The zero-order valence-electron chi connectivity index (χ0n) is 7.35. The van der Waals surface area contributed by atoms with Gasteiger partial charge in [0, 0.05) is 5.33 Å². The van der Waals surface area contributed by atoms with Crippen molar-refractivity contribution >= 4 is 32.0 Å². The standard InChI is InChI=1S/C9H10BrNO2S/c10-6-2-4-8-3-1-5-9(7-8)14(11,12)13/h1-5,7H,6H2,(H2,11,12,13). The average molecular weight is 276 g/mol. The van der Waals surface area contributed by atoms with Crippen LogP contribution in [0.1, 0.15) is 5.56 Å². The van der Waals surface area contributed by atoms with Crippen molar-refractivity contribution in [2.24, 2.45) is 5.14 Å². The Morgan fingerprint density at radius 2 is 2.14 bits per heavy atom. The van der Waals surface area contributed by atoms with E-state index in [2.05, 4.69) is 15.9 Å². The second-order valence-corrected chi connectivity index (χ2v) is 4.88. The van der Waals surface area contributed by atoms with Crippen molar-refractivity contribution in [2.75, 3.05) is 5.33 Å². The molecule has 0 radical (unpaired) electrons. The number of primary sulfonamides is 1. The van der Waals surface area contributed by atoms with Crippen molar-refractivity contribution in [3.05, 3.63) is 35.9 Å². The van der Waals surface area contributed by atoms with Crippen molar-refractivity contribution in [1.82, 2.24) is 0 Å². The molecule has 0 atom stereocenters. The van der Waals surface area contributed by atoms with Crippen LogP contribution >= 0.6 is 15.9 Å². The van der Waals surface area contributed by atoms with E-state index < -0.39 is 10.0 Å². The maximum atomic E-state index is 11.0. The Morgan fingerprint density at radius 3 is 2.71 bits per heavy atom. The molecule has 0 saturated heterocycles. The van der Waals surface area contributed by atoms with Gasteiger partial charge < -0.3 is 0 Å². The molecule has 0 saturated carbocycles. The minimum Gasteiger partial charge on any atom is -0.225 e. The first-order valence-corrected chi connectivity index (χ1v) is 6.56. The van der Waals surface area contributed by atoms with E-state index in [1.807, 2.05) is 18.2 Å². The van der Waals surface area contributed by atoms with Crippen LogP contribution in [0.3, 0.4) is 0 Å². The number of benzene rings is 1. The molecule has 0 amide bonds. The Labute approximate surface area is 91.8 Å². The van der Waals surface area contributed by atoms with E-state index >= 15 is 0 Å². The molecule has 0 aliphatic rings. The third kappa shape index (κ3) is 3.25. The van der Waals surface area contributed by atoms with Crippen LogP contribution in [0.25, 0.3) is 6.08 Å². The van der Waals surface area contributed by atoms with Gasteiger partial charge in [0.2, 0.25) is 10.0 Å². The van der Waals surface area contributed by atoms with Crippen LogP contribution in [0, 0.1) is 0 Å². The highest BCUT2D eigenvalue weighted by molar-refractivity contribution is 9.09. The molecule has 0 heterocycles. The number of halogens is 1. The summed E-state index contributed by atoms with van der Waals surface area (Å²) in [6.45, 7) is 0. The topological polar surface area (TPSA) is 60.2 Å². The number of nitrogens with two attached hydrogens (primary N) is 1. The largest absolute Gasteiger partial charge is 0.238 e. The molecule has 0 aliphatic heterocycles. The lowest BCUT2D eigenvalue weighted by molar-refractivity contribution is 0.598. The molecule has 1 aromatic rings. The van der Waals surface area contributed by atoms with Crippen LogP contribution in [0.2, 0.25) is 0 Å². The van der Waals surface area contributed by atoms with E-state index in [1.54, 1.807) is 6.07 Å². The SMILES string of the molecule is NS(=O)(=O)c1cccc(C=CCBr)c1. The normalized spacial score (nSPS) is 12.1. The fourth-order valence-electron chi connectivity index (χ4n) is 0.976. The van der Waals surface area contributed by atoms with Gasteiger partial charge in [-0.1, -0.05) is 40.2 Å². The third-order valence-electron chi connectivity index (χ3n) is 1.59. The Morgan fingerprint density at radius 1 is 1.43 bits per heavy atom. The number of alkyl halides is 1. The van der Waals surface area contributed by atoms with Gasteiger partial charge in [-0.2, -0.15) is 0 Å². The number of hydrogen-bond acceptors (Lipinski definition) is 2. The Balaban J connectivity index is 3.08. The zero-order chi connectivity index (χ0) is 10.6. The molecule has 1 rings (SSSR count). The maximum absolute atomic E-state index is 11.0. The monoisotopic (exact) mass is 275 g/mol. The van der Waals surface area contributed by atoms with E-state index in [0.717, 1.165) is 10.9 Å². The van der Waals surface area contributed by atoms with Crippen LogP contribution in [-0.4, -0.2) is 13.7 Å². The lowest BCUT2D eigenvalue weighted by Gasteiger charge is -1.98. The molecule has 1 aromatic carbocycles. The molecule has 76 valence electrons.